The van der Waals surface area contributed by atoms with Gasteiger partial charge >= 0.3 is 12.1 Å². The number of hydrogen-bond acceptors (Lipinski definition) is 5. The van der Waals surface area contributed by atoms with Crippen LogP contribution in [0.3, 0.4) is 0 Å². The van der Waals surface area contributed by atoms with Crippen LogP contribution in [0.4, 0.5) is 4.79 Å². The molecule has 1 aromatic rings. The summed E-state index contributed by atoms with van der Waals surface area (Å²) in [4.78, 5) is 29.4. The minimum Gasteiger partial charge on any atom is -0.464 e. The van der Waals surface area contributed by atoms with E-state index < -0.39 is 11.6 Å². The lowest BCUT2D eigenvalue weighted by atomic mass is 9.91. The standard InChI is InChI=1S/C18H26N2O4/c1-18(2,3)24-17(22)20-9-7-13(8-10-20)11-14-5-6-15(19-12-14)16(21)23-4/h5-6,12-13H,7-11H2,1-4H3. The van der Waals surface area contributed by atoms with Crippen LogP contribution in [0.1, 0.15) is 49.7 Å². The molecule has 2 heterocycles. The Kier molecular flexibility index (Phi) is 5.80. The number of rotatable bonds is 3. The fourth-order valence-corrected chi connectivity index (χ4v) is 2.75. The Hall–Kier alpha value is -2.11. The van der Waals surface area contributed by atoms with Crippen molar-refractivity contribution in [2.45, 2.75) is 45.6 Å². The molecule has 0 atom stereocenters. The van der Waals surface area contributed by atoms with E-state index in [2.05, 4.69) is 9.72 Å². The molecule has 1 saturated heterocycles. The molecule has 24 heavy (non-hydrogen) atoms. The zero-order valence-corrected chi connectivity index (χ0v) is 14.9. The molecule has 6 nitrogen and oxygen atoms in total. The summed E-state index contributed by atoms with van der Waals surface area (Å²) in [6.45, 7) is 7.06. The Balaban J connectivity index is 1.82. The van der Waals surface area contributed by atoms with Gasteiger partial charge in [-0.1, -0.05) is 6.07 Å². The predicted molar refractivity (Wildman–Crippen MR) is 89.8 cm³/mol. The maximum Gasteiger partial charge on any atom is 0.410 e. The van der Waals surface area contributed by atoms with Crippen molar-refractivity contribution in [3.63, 3.8) is 0 Å². The monoisotopic (exact) mass is 334 g/mol. The van der Waals surface area contributed by atoms with E-state index in [0.29, 0.717) is 24.7 Å². The van der Waals surface area contributed by atoms with Crippen LogP contribution in [0.5, 0.6) is 0 Å². The Bertz CT molecular complexity index is 570. The van der Waals surface area contributed by atoms with Crippen LogP contribution in [-0.2, 0) is 15.9 Å². The molecule has 0 spiro atoms. The fraction of sp³-hybridized carbons (Fsp3) is 0.611. The van der Waals surface area contributed by atoms with Gasteiger partial charge in [-0.25, -0.2) is 14.6 Å². The summed E-state index contributed by atoms with van der Waals surface area (Å²) >= 11 is 0. The molecule has 1 aliphatic heterocycles. The Labute approximate surface area is 143 Å². The molecular weight excluding hydrogens is 308 g/mol. The van der Waals surface area contributed by atoms with Gasteiger partial charge in [-0.05, 0) is 57.6 Å². The van der Waals surface area contributed by atoms with Crippen LogP contribution in [0.25, 0.3) is 0 Å². The second-order valence-corrected chi connectivity index (χ2v) is 7.16. The zero-order valence-electron chi connectivity index (χ0n) is 14.9. The highest BCUT2D eigenvalue weighted by Gasteiger charge is 2.26. The second kappa shape index (κ2) is 7.64. The third-order valence-corrected chi connectivity index (χ3v) is 4.01. The average molecular weight is 334 g/mol. The molecule has 1 amide bonds. The molecule has 132 valence electrons. The molecule has 0 bridgehead atoms. The van der Waals surface area contributed by atoms with E-state index in [9.17, 15) is 9.59 Å². The summed E-state index contributed by atoms with van der Waals surface area (Å²) in [6, 6.07) is 3.61. The number of ether oxygens (including phenoxy) is 2. The van der Waals surface area contributed by atoms with Crippen molar-refractivity contribution in [3.05, 3.63) is 29.6 Å². The lowest BCUT2D eigenvalue weighted by Crippen LogP contribution is -2.42. The van der Waals surface area contributed by atoms with Crippen molar-refractivity contribution in [2.24, 2.45) is 5.92 Å². The molecule has 1 aliphatic rings. The molecule has 0 aliphatic carbocycles. The average Bonchev–Trinajstić information content (AvgIpc) is 2.54. The Morgan fingerprint density at radius 3 is 2.42 bits per heavy atom. The molecule has 1 aromatic heterocycles. The van der Waals surface area contributed by atoms with Gasteiger partial charge in [-0.2, -0.15) is 0 Å². The smallest absolute Gasteiger partial charge is 0.410 e. The van der Waals surface area contributed by atoms with Crippen molar-refractivity contribution in [3.8, 4) is 0 Å². The molecule has 0 radical (unpaired) electrons. The van der Waals surface area contributed by atoms with Crippen LogP contribution < -0.4 is 0 Å². The van der Waals surface area contributed by atoms with E-state index in [4.69, 9.17) is 4.74 Å². The van der Waals surface area contributed by atoms with Gasteiger partial charge in [0.15, 0.2) is 0 Å². The number of carbonyl (C=O) groups is 2. The number of likely N-dealkylation sites (tertiary alicyclic amines) is 1. The number of hydrogen-bond donors (Lipinski definition) is 0. The highest BCUT2D eigenvalue weighted by molar-refractivity contribution is 5.86. The lowest BCUT2D eigenvalue weighted by Gasteiger charge is -2.33. The topological polar surface area (TPSA) is 68.7 Å². The number of amides is 1. The van der Waals surface area contributed by atoms with Gasteiger partial charge in [-0.3, -0.25) is 0 Å². The minimum absolute atomic E-state index is 0.231. The number of piperidine rings is 1. The molecule has 1 fully saturated rings. The minimum atomic E-state index is -0.457. The number of nitrogens with zero attached hydrogens (tertiary/aromatic N) is 2. The normalized spacial score (nSPS) is 15.9. The van der Waals surface area contributed by atoms with E-state index in [1.807, 2.05) is 26.8 Å². The van der Waals surface area contributed by atoms with Crippen molar-refractivity contribution in [1.29, 1.82) is 0 Å². The third-order valence-electron chi connectivity index (χ3n) is 4.01. The fourth-order valence-electron chi connectivity index (χ4n) is 2.75. The molecule has 0 aromatic carbocycles. The van der Waals surface area contributed by atoms with Crippen molar-refractivity contribution < 1.29 is 19.1 Å². The van der Waals surface area contributed by atoms with Crippen LogP contribution in [0, 0.1) is 5.92 Å². The van der Waals surface area contributed by atoms with Gasteiger partial charge in [0, 0.05) is 19.3 Å². The van der Waals surface area contributed by atoms with E-state index >= 15 is 0 Å². The summed E-state index contributed by atoms with van der Waals surface area (Å²) in [6.07, 6.45) is 4.28. The zero-order chi connectivity index (χ0) is 17.7. The summed E-state index contributed by atoms with van der Waals surface area (Å²) in [7, 11) is 1.34. The van der Waals surface area contributed by atoms with Crippen molar-refractivity contribution in [1.82, 2.24) is 9.88 Å². The van der Waals surface area contributed by atoms with E-state index in [1.54, 1.807) is 17.2 Å². The number of methoxy groups -OCH3 is 1. The Morgan fingerprint density at radius 2 is 1.92 bits per heavy atom. The molecule has 0 saturated carbocycles. The van der Waals surface area contributed by atoms with Crippen molar-refractivity contribution >= 4 is 12.1 Å². The molecule has 0 unspecified atom stereocenters. The van der Waals surface area contributed by atoms with Crippen LogP contribution >= 0.6 is 0 Å². The van der Waals surface area contributed by atoms with E-state index in [0.717, 1.165) is 24.8 Å². The molecule has 2 rings (SSSR count). The summed E-state index contributed by atoms with van der Waals surface area (Å²) in [5.41, 5.74) is 0.959. The third kappa shape index (κ3) is 5.22. The number of pyridine rings is 1. The van der Waals surface area contributed by atoms with Gasteiger partial charge in [0.25, 0.3) is 0 Å². The van der Waals surface area contributed by atoms with Crippen molar-refractivity contribution in [2.75, 3.05) is 20.2 Å². The maximum absolute atomic E-state index is 12.1. The Morgan fingerprint density at radius 1 is 1.25 bits per heavy atom. The SMILES string of the molecule is COC(=O)c1ccc(CC2CCN(C(=O)OC(C)(C)C)CC2)cn1. The summed E-state index contributed by atoms with van der Waals surface area (Å²) in [5.74, 6) is 0.0849. The predicted octanol–water partition coefficient (Wildman–Crippen LogP) is 3.06. The highest BCUT2D eigenvalue weighted by atomic mass is 16.6. The van der Waals surface area contributed by atoms with Gasteiger partial charge in [0.2, 0.25) is 0 Å². The van der Waals surface area contributed by atoms with Gasteiger partial charge in [0.1, 0.15) is 11.3 Å². The quantitative estimate of drug-likeness (QED) is 0.795. The first-order chi connectivity index (χ1) is 11.3. The van der Waals surface area contributed by atoms with Crippen LogP contribution in [0.15, 0.2) is 18.3 Å². The van der Waals surface area contributed by atoms with E-state index in [1.165, 1.54) is 7.11 Å². The number of aromatic nitrogens is 1. The van der Waals surface area contributed by atoms with Gasteiger partial charge in [-0.15, -0.1) is 0 Å². The van der Waals surface area contributed by atoms with Gasteiger partial charge < -0.3 is 14.4 Å². The first-order valence-corrected chi connectivity index (χ1v) is 8.29. The van der Waals surface area contributed by atoms with E-state index in [-0.39, 0.29) is 6.09 Å². The molecule has 6 heteroatoms. The van der Waals surface area contributed by atoms with Crippen LogP contribution in [0.2, 0.25) is 0 Å². The number of carbonyl (C=O) groups excluding carboxylic acids is 2. The van der Waals surface area contributed by atoms with Crippen LogP contribution in [-0.4, -0.2) is 47.7 Å². The first kappa shape index (κ1) is 18.2. The summed E-state index contributed by atoms with van der Waals surface area (Å²) in [5, 5.41) is 0. The number of esters is 1. The maximum atomic E-state index is 12.1. The second-order valence-electron chi connectivity index (χ2n) is 7.16. The van der Waals surface area contributed by atoms with Gasteiger partial charge in [0.05, 0.1) is 7.11 Å². The molecular formula is C18H26N2O4. The first-order valence-electron chi connectivity index (χ1n) is 8.29. The highest BCUT2D eigenvalue weighted by Crippen LogP contribution is 2.23. The largest absolute Gasteiger partial charge is 0.464 e. The summed E-state index contributed by atoms with van der Waals surface area (Å²) < 4.78 is 10.1. The lowest BCUT2D eigenvalue weighted by molar-refractivity contribution is 0.0184. The molecule has 0 N–H and O–H groups in total.